The van der Waals surface area contributed by atoms with Crippen LogP contribution >= 0.6 is 0 Å². The molecule has 1 fully saturated rings. The zero-order valence-electron chi connectivity index (χ0n) is 19.4. The highest BCUT2D eigenvalue weighted by atomic mass is 19.4. The number of nitrogens with zero attached hydrogens (tertiary/aromatic N) is 4. The minimum absolute atomic E-state index is 0.0866. The van der Waals surface area contributed by atoms with Crippen LogP contribution in [0.3, 0.4) is 0 Å². The van der Waals surface area contributed by atoms with Crippen molar-refractivity contribution in [3.63, 3.8) is 0 Å². The first-order valence-corrected chi connectivity index (χ1v) is 11.1. The van der Waals surface area contributed by atoms with Crippen molar-refractivity contribution in [1.82, 2.24) is 15.0 Å². The largest absolute Gasteiger partial charge is 0.475 e. The van der Waals surface area contributed by atoms with Crippen LogP contribution in [0.1, 0.15) is 21.7 Å². The third-order valence-electron chi connectivity index (χ3n) is 5.44. The summed E-state index contributed by atoms with van der Waals surface area (Å²) in [6.07, 6.45) is -3.02. The number of aliphatic hydroxyl groups excluding tert-OH is 1. The van der Waals surface area contributed by atoms with Gasteiger partial charge in [-0.05, 0) is 41.8 Å². The third kappa shape index (κ3) is 6.07. The second-order valence-corrected chi connectivity index (χ2v) is 8.00. The number of ether oxygens (including phenoxy) is 2. The van der Waals surface area contributed by atoms with Crippen LogP contribution in [0, 0.1) is 6.92 Å². The normalized spacial score (nSPS) is 14.0. The van der Waals surface area contributed by atoms with Gasteiger partial charge in [-0.15, -0.1) is 0 Å². The summed E-state index contributed by atoms with van der Waals surface area (Å²) in [6.45, 7) is 4.32. The van der Waals surface area contributed by atoms with Crippen molar-refractivity contribution in [1.29, 1.82) is 0 Å². The number of halogens is 3. The number of aromatic nitrogens is 3. The summed E-state index contributed by atoms with van der Waals surface area (Å²) >= 11 is 0. The molecule has 0 spiro atoms. The summed E-state index contributed by atoms with van der Waals surface area (Å²) in [5.41, 5.74) is 2.82. The van der Waals surface area contributed by atoms with Crippen LogP contribution in [0.15, 0.2) is 42.7 Å². The number of hydrogen-bond acceptors (Lipinski definition) is 8. The molecule has 36 heavy (non-hydrogen) atoms. The number of aliphatic hydroxyl groups is 1. The van der Waals surface area contributed by atoms with E-state index in [1.165, 1.54) is 0 Å². The topological polar surface area (TPSA) is 110 Å². The first kappa shape index (κ1) is 25.3. The second kappa shape index (κ2) is 10.9. The van der Waals surface area contributed by atoms with E-state index < -0.39 is 17.9 Å². The number of nitrogens with one attached hydrogen (secondary N) is 1. The van der Waals surface area contributed by atoms with Gasteiger partial charge in [-0.1, -0.05) is 6.07 Å². The van der Waals surface area contributed by atoms with Crippen molar-refractivity contribution in [2.45, 2.75) is 13.1 Å². The molecule has 1 amide bonds. The highest BCUT2D eigenvalue weighted by Crippen LogP contribution is 2.32. The molecule has 0 atom stereocenters. The minimum Gasteiger partial charge on any atom is -0.475 e. The third-order valence-corrected chi connectivity index (χ3v) is 5.44. The molecule has 0 unspecified atom stereocenters. The molecular weight excluding hydrogens is 479 g/mol. The molecule has 12 heteroatoms. The van der Waals surface area contributed by atoms with E-state index in [9.17, 15) is 18.0 Å². The quantitative estimate of drug-likeness (QED) is 0.506. The molecule has 4 rings (SSSR count). The number of aryl methyl sites for hydroxylation is 1. The van der Waals surface area contributed by atoms with Crippen molar-refractivity contribution in [3.05, 3.63) is 59.7 Å². The van der Waals surface area contributed by atoms with Crippen molar-refractivity contribution < 1.29 is 32.5 Å². The number of alkyl halides is 3. The van der Waals surface area contributed by atoms with E-state index in [-0.39, 0.29) is 18.8 Å². The molecule has 2 aromatic heterocycles. The molecule has 0 aliphatic carbocycles. The predicted octanol–water partition coefficient (Wildman–Crippen LogP) is 3.33. The lowest BCUT2D eigenvalue weighted by Crippen LogP contribution is -2.36. The fraction of sp³-hybridized carbons (Fsp3) is 0.333. The molecule has 1 aliphatic rings. The monoisotopic (exact) mass is 503 g/mol. The SMILES string of the molecule is Cc1ccc(NC(=O)c2cnc(C(F)(F)F)nc2)cc1-c1cc(OCCO)nc(N2CCOCC2)c1. The summed E-state index contributed by atoms with van der Waals surface area (Å²) in [6, 6.07) is 8.92. The van der Waals surface area contributed by atoms with Gasteiger partial charge in [-0.3, -0.25) is 4.79 Å². The Balaban J connectivity index is 1.61. The Kier molecular flexibility index (Phi) is 7.65. The van der Waals surface area contributed by atoms with Gasteiger partial charge < -0.3 is 24.8 Å². The van der Waals surface area contributed by atoms with Gasteiger partial charge in [0.15, 0.2) is 0 Å². The van der Waals surface area contributed by atoms with Crippen molar-refractivity contribution in [2.24, 2.45) is 0 Å². The molecule has 1 aromatic carbocycles. The average molecular weight is 503 g/mol. The Morgan fingerprint density at radius 3 is 2.56 bits per heavy atom. The van der Waals surface area contributed by atoms with Gasteiger partial charge in [0.2, 0.25) is 11.7 Å². The van der Waals surface area contributed by atoms with Gasteiger partial charge in [0.25, 0.3) is 5.91 Å². The Hall–Kier alpha value is -3.77. The van der Waals surface area contributed by atoms with Crippen LogP contribution in [-0.4, -0.2) is 65.5 Å². The summed E-state index contributed by atoms with van der Waals surface area (Å²) in [7, 11) is 0. The molecule has 1 saturated heterocycles. The fourth-order valence-corrected chi connectivity index (χ4v) is 3.63. The zero-order chi connectivity index (χ0) is 25.7. The summed E-state index contributed by atoms with van der Waals surface area (Å²) in [4.78, 5) is 25.7. The Bertz CT molecular complexity index is 1220. The number of anilines is 2. The number of benzene rings is 1. The lowest BCUT2D eigenvalue weighted by atomic mass is 10.00. The number of rotatable bonds is 7. The number of carbonyl (C=O) groups is 1. The van der Waals surface area contributed by atoms with Crippen LogP contribution in [0.2, 0.25) is 0 Å². The van der Waals surface area contributed by atoms with E-state index in [1.807, 2.05) is 19.1 Å². The van der Waals surface area contributed by atoms with E-state index >= 15 is 0 Å². The highest BCUT2D eigenvalue weighted by Gasteiger charge is 2.34. The van der Waals surface area contributed by atoms with Crippen LogP contribution in [0.25, 0.3) is 11.1 Å². The van der Waals surface area contributed by atoms with Crippen LogP contribution in [0.4, 0.5) is 24.7 Å². The van der Waals surface area contributed by atoms with E-state index in [4.69, 9.17) is 14.6 Å². The number of hydrogen-bond donors (Lipinski definition) is 2. The molecule has 3 aromatic rings. The lowest BCUT2D eigenvalue weighted by Gasteiger charge is -2.28. The summed E-state index contributed by atoms with van der Waals surface area (Å²) < 4.78 is 49.1. The van der Waals surface area contributed by atoms with Gasteiger partial charge in [-0.25, -0.2) is 9.97 Å². The van der Waals surface area contributed by atoms with Gasteiger partial charge >= 0.3 is 6.18 Å². The second-order valence-electron chi connectivity index (χ2n) is 8.00. The first-order chi connectivity index (χ1) is 17.2. The van der Waals surface area contributed by atoms with Crippen LogP contribution < -0.4 is 15.0 Å². The van der Waals surface area contributed by atoms with Crippen molar-refractivity contribution in [2.75, 3.05) is 49.7 Å². The van der Waals surface area contributed by atoms with Gasteiger partial charge in [0.05, 0.1) is 25.4 Å². The fourth-order valence-electron chi connectivity index (χ4n) is 3.63. The van der Waals surface area contributed by atoms with Crippen LogP contribution in [0.5, 0.6) is 5.88 Å². The molecule has 190 valence electrons. The first-order valence-electron chi connectivity index (χ1n) is 11.1. The Morgan fingerprint density at radius 2 is 1.89 bits per heavy atom. The number of amides is 1. The lowest BCUT2D eigenvalue weighted by molar-refractivity contribution is -0.145. The minimum atomic E-state index is -4.69. The molecule has 0 radical (unpaired) electrons. The van der Waals surface area contributed by atoms with E-state index in [1.54, 1.807) is 18.2 Å². The van der Waals surface area contributed by atoms with Crippen molar-refractivity contribution >= 4 is 17.4 Å². The molecular formula is C24H24F3N5O4. The maximum absolute atomic E-state index is 12.7. The van der Waals surface area contributed by atoms with Crippen molar-refractivity contribution in [3.8, 4) is 17.0 Å². The average Bonchev–Trinajstić information content (AvgIpc) is 2.88. The smallest absolute Gasteiger partial charge is 0.451 e. The van der Waals surface area contributed by atoms with E-state index in [0.29, 0.717) is 43.7 Å². The van der Waals surface area contributed by atoms with Gasteiger partial charge in [-0.2, -0.15) is 18.2 Å². The highest BCUT2D eigenvalue weighted by molar-refractivity contribution is 6.04. The number of morpholine rings is 1. The van der Waals surface area contributed by atoms with Gasteiger partial charge in [0.1, 0.15) is 12.4 Å². The molecule has 0 bridgehead atoms. The molecule has 0 saturated carbocycles. The van der Waals surface area contributed by atoms with Crippen LogP contribution in [-0.2, 0) is 10.9 Å². The molecule has 3 heterocycles. The molecule has 1 aliphatic heterocycles. The Morgan fingerprint density at radius 1 is 1.17 bits per heavy atom. The number of carbonyl (C=O) groups excluding carboxylic acids is 1. The predicted molar refractivity (Wildman–Crippen MR) is 125 cm³/mol. The number of pyridine rings is 1. The summed E-state index contributed by atoms with van der Waals surface area (Å²) in [5.74, 6) is -0.919. The van der Waals surface area contributed by atoms with E-state index in [2.05, 4.69) is 25.2 Å². The zero-order valence-corrected chi connectivity index (χ0v) is 19.4. The van der Waals surface area contributed by atoms with Gasteiger partial charge in [0, 0.05) is 37.2 Å². The molecule has 9 nitrogen and oxygen atoms in total. The summed E-state index contributed by atoms with van der Waals surface area (Å²) in [5, 5.41) is 11.8. The standard InChI is InChI=1S/C24H24F3N5O4/c1-15-2-3-18(30-22(34)17-13-28-23(29-14-17)24(25,26)27)12-19(15)16-10-20(32-4-7-35-8-5-32)31-21(11-16)36-9-6-33/h2-3,10-14,33H,4-9H2,1H3,(H,30,34). The maximum Gasteiger partial charge on any atom is 0.451 e. The van der Waals surface area contributed by atoms with E-state index in [0.717, 1.165) is 29.1 Å². The molecule has 2 N–H and O–H groups in total. The maximum atomic E-state index is 12.7. The Labute approximate surface area is 204 Å².